The molecule has 4 N–H and O–H groups in total. The average Bonchev–Trinajstić information content (AvgIpc) is 2.29. The van der Waals surface area contributed by atoms with Gasteiger partial charge in [-0.1, -0.05) is 6.07 Å². The fourth-order valence-corrected chi connectivity index (χ4v) is 1.12. The Kier molecular flexibility index (Phi) is 3.96. The molecule has 0 saturated heterocycles. The first-order valence-electron chi connectivity index (χ1n) is 4.56. The van der Waals surface area contributed by atoms with E-state index in [0.717, 1.165) is 0 Å². The molecule has 1 unspecified atom stereocenters. The number of benzene rings is 1. The number of hydrogen-bond donors (Lipinski definition) is 4. The van der Waals surface area contributed by atoms with Crippen LogP contribution in [0.1, 0.15) is 11.7 Å². The minimum atomic E-state index is -0.981. The van der Waals surface area contributed by atoms with Gasteiger partial charge in [-0.15, -0.1) is 0 Å². The third-order valence-electron chi connectivity index (χ3n) is 2.01. The molecule has 88 valence electrons. The minimum Gasteiger partial charge on any atom is -0.504 e. The summed E-state index contributed by atoms with van der Waals surface area (Å²) in [7, 11) is 1.22. The number of phenols is 2. The molecule has 0 aromatic heterocycles. The summed E-state index contributed by atoms with van der Waals surface area (Å²) in [5, 5.41) is 30.2. The van der Waals surface area contributed by atoms with Gasteiger partial charge in [0.2, 0.25) is 0 Å². The quantitative estimate of drug-likeness (QED) is 0.563. The number of alkyl carbamates (subject to hydrolysis) is 1. The second-order valence-corrected chi connectivity index (χ2v) is 3.14. The Labute approximate surface area is 92.1 Å². The summed E-state index contributed by atoms with van der Waals surface area (Å²) in [6, 6.07) is 3.92. The van der Waals surface area contributed by atoms with Gasteiger partial charge in [0.05, 0.1) is 19.8 Å². The number of phenolic OH excluding ortho intramolecular Hbond substituents is 2. The van der Waals surface area contributed by atoms with Crippen molar-refractivity contribution in [1.82, 2.24) is 5.32 Å². The summed E-state index contributed by atoms with van der Waals surface area (Å²) < 4.78 is 4.33. The molecular weight excluding hydrogens is 214 g/mol. The summed E-state index contributed by atoms with van der Waals surface area (Å²) in [5.41, 5.74) is 0.381. The summed E-state index contributed by atoms with van der Waals surface area (Å²) in [4.78, 5) is 10.7. The number of carbonyl (C=O) groups excluding carboxylic acids is 1. The first kappa shape index (κ1) is 12.1. The van der Waals surface area contributed by atoms with Crippen LogP contribution < -0.4 is 5.32 Å². The number of aromatic hydroxyl groups is 2. The first-order valence-corrected chi connectivity index (χ1v) is 4.56. The lowest BCUT2D eigenvalue weighted by molar-refractivity contribution is 0.147. The molecule has 6 nitrogen and oxygen atoms in total. The number of methoxy groups -OCH3 is 1. The van der Waals surface area contributed by atoms with Gasteiger partial charge in [-0.2, -0.15) is 0 Å². The molecule has 1 aromatic carbocycles. The summed E-state index contributed by atoms with van der Waals surface area (Å²) in [6.45, 7) is -0.0448. The van der Waals surface area contributed by atoms with Crippen molar-refractivity contribution in [3.8, 4) is 11.5 Å². The second-order valence-electron chi connectivity index (χ2n) is 3.14. The van der Waals surface area contributed by atoms with Gasteiger partial charge < -0.3 is 25.4 Å². The molecule has 1 rings (SSSR count). The van der Waals surface area contributed by atoms with E-state index < -0.39 is 12.2 Å². The van der Waals surface area contributed by atoms with Crippen LogP contribution in [0.15, 0.2) is 18.2 Å². The van der Waals surface area contributed by atoms with Crippen LogP contribution >= 0.6 is 0 Å². The predicted molar refractivity (Wildman–Crippen MR) is 55.1 cm³/mol. The van der Waals surface area contributed by atoms with E-state index in [1.807, 2.05) is 0 Å². The van der Waals surface area contributed by atoms with Crippen LogP contribution in [0.25, 0.3) is 0 Å². The van der Waals surface area contributed by atoms with E-state index >= 15 is 0 Å². The number of amides is 1. The summed E-state index contributed by atoms with van der Waals surface area (Å²) in [5.74, 6) is -0.591. The normalized spacial score (nSPS) is 11.9. The van der Waals surface area contributed by atoms with Gasteiger partial charge in [0.25, 0.3) is 0 Å². The Bertz CT molecular complexity index is 379. The molecule has 0 radical (unpaired) electrons. The molecule has 1 atom stereocenters. The molecule has 0 bridgehead atoms. The van der Waals surface area contributed by atoms with Crippen molar-refractivity contribution in [1.29, 1.82) is 0 Å². The monoisotopic (exact) mass is 227 g/mol. The molecule has 0 aliphatic rings. The van der Waals surface area contributed by atoms with E-state index in [4.69, 9.17) is 5.11 Å². The largest absolute Gasteiger partial charge is 0.504 e. The van der Waals surface area contributed by atoms with Crippen molar-refractivity contribution in [2.45, 2.75) is 6.10 Å². The average molecular weight is 227 g/mol. The van der Waals surface area contributed by atoms with Crippen LogP contribution in [0.3, 0.4) is 0 Å². The van der Waals surface area contributed by atoms with E-state index in [1.54, 1.807) is 0 Å². The lowest BCUT2D eigenvalue weighted by Crippen LogP contribution is -2.28. The van der Waals surface area contributed by atoms with Gasteiger partial charge in [-0.25, -0.2) is 4.79 Å². The molecule has 1 amide bonds. The highest BCUT2D eigenvalue weighted by molar-refractivity contribution is 5.66. The molecule has 6 heteroatoms. The van der Waals surface area contributed by atoms with Crippen LogP contribution in [0, 0.1) is 0 Å². The van der Waals surface area contributed by atoms with E-state index in [0.29, 0.717) is 5.56 Å². The number of hydrogen-bond acceptors (Lipinski definition) is 5. The standard InChI is InChI=1S/C10H13NO5/c1-16-10(15)11-5-9(14)6-2-3-7(12)8(13)4-6/h2-4,9,12-14H,5H2,1H3,(H,11,15). The smallest absolute Gasteiger partial charge is 0.406 e. The van der Waals surface area contributed by atoms with E-state index in [-0.39, 0.29) is 18.0 Å². The van der Waals surface area contributed by atoms with Gasteiger partial charge in [0.1, 0.15) is 0 Å². The zero-order valence-electron chi connectivity index (χ0n) is 8.67. The third-order valence-corrected chi connectivity index (χ3v) is 2.01. The first-order chi connectivity index (χ1) is 7.54. The maximum Gasteiger partial charge on any atom is 0.406 e. The van der Waals surface area contributed by atoms with E-state index in [9.17, 15) is 15.0 Å². The highest BCUT2D eigenvalue weighted by Gasteiger charge is 2.11. The SMILES string of the molecule is COC(=O)NCC(O)c1ccc(O)c(O)c1. The minimum absolute atomic E-state index is 0.0448. The number of nitrogens with one attached hydrogen (secondary N) is 1. The number of rotatable bonds is 3. The van der Waals surface area contributed by atoms with Gasteiger partial charge in [0, 0.05) is 0 Å². The maximum atomic E-state index is 10.7. The molecule has 0 aliphatic heterocycles. The molecule has 16 heavy (non-hydrogen) atoms. The number of aliphatic hydroxyl groups excluding tert-OH is 1. The molecule has 1 aromatic rings. The van der Waals surface area contributed by atoms with Gasteiger partial charge in [-0.3, -0.25) is 0 Å². The van der Waals surface area contributed by atoms with Gasteiger partial charge >= 0.3 is 6.09 Å². The van der Waals surface area contributed by atoms with Crippen molar-refractivity contribution in [3.63, 3.8) is 0 Å². The third kappa shape index (κ3) is 3.03. The Morgan fingerprint density at radius 1 is 1.44 bits per heavy atom. The second kappa shape index (κ2) is 5.22. The van der Waals surface area contributed by atoms with E-state index in [2.05, 4.69) is 10.1 Å². The topological polar surface area (TPSA) is 99.0 Å². The zero-order valence-corrected chi connectivity index (χ0v) is 8.67. The Hall–Kier alpha value is -1.95. The molecule has 0 fully saturated rings. The molecule has 0 heterocycles. The fraction of sp³-hybridized carbons (Fsp3) is 0.300. The zero-order chi connectivity index (χ0) is 12.1. The molecule has 0 aliphatic carbocycles. The fourth-order valence-electron chi connectivity index (χ4n) is 1.12. The molecule has 0 saturated carbocycles. The van der Waals surface area contributed by atoms with Crippen LogP contribution in [-0.4, -0.2) is 35.1 Å². The van der Waals surface area contributed by atoms with Crippen molar-refractivity contribution in [2.24, 2.45) is 0 Å². The van der Waals surface area contributed by atoms with Crippen molar-refractivity contribution in [2.75, 3.05) is 13.7 Å². The Balaban J connectivity index is 2.62. The van der Waals surface area contributed by atoms with Crippen molar-refractivity contribution < 1.29 is 24.9 Å². The Morgan fingerprint density at radius 3 is 2.69 bits per heavy atom. The van der Waals surface area contributed by atoms with Crippen LogP contribution in [-0.2, 0) is 4.74 Å². The number of carbonyl (C=O) groups is 1. The number of aliphatic hydroxyl groups is 1. The molecular formula is C10H13NO5. The van der Waals surface area contributed by atoms with Crippen LogP contribution in [0.4, 0.5) is 4.79 Å². The molecule has 0 spiro atoms. The van der Waals surface area contributed by atoms with Crippen LogP contribution in [0.5, 0.6) is 11.5 Å². The van der Waals surface area contributed by atoms with Gasteiger partial charge in [-0.05, 0) is 17.7 Å². The van der Waals surface area contributed by atoms with Crippen molar-refractivity contribution >= 4 is 6.09 Å². The summed E-state index contributed by atoms with van der Waals surface area (Å²) >= 11 is 0. The Morgan fingerprint density at radius 2 is 2.12 bits per heavy atom. The van der Waals surface area contributed by atoms with Gasteiger partial charge in [0.15, 0.2) is 11.5 Å². The maximum absolute atomic E-state index is 10.7. The summed E-state index contributed by atoms with van der Waals surface area (Å²) in [6.07, 6.45) is -1.63. The highest BCUT2D eigenvalue weighted by Crippen LogP contribution is 2.27. The van der Waals surface area contributed by atoms with Crippen molar-refractivity contribution in [3.05, 3.63) is 23.8 Å². The lowest BCUT2D eigenvalue weighted by Gasteiger charge is -2.12. The predicted octanol–water partition coefficient (Wildman–Crippen LogP) is 0.487. The lowest BCUT2D eigenvalue weighted by atomic mass is 10.1. The van der Waals surface area contributed by atoms with Crippen LogP contribution in [0.2, 0.25) is 0 Å². The van der Waals surface area contributed by atoms with E-state index in [1.165, 1.54) is 25.3 Å². The number of ether oxygens (including phenoxy) is 1. The highest BCUT2D eigenvalue weighted by atomic mass is 16.5.